The van der Waals surface area contributed by atoms with Gasteiger partial charge in [0, 0.05) is 25.2 Å². The van der Waals surface area contributed by atoms with Crippen molar-refractivity contribution in [2.75, 3.05) is 19.8 Å². The molecule has 1 aliphatic heterocycles. The van der Waals surface area contributed by atoms with E-state index in [1.807, 2.05) is 30.3 Å². The summed E-state index contributed by atoms with van der Waals surface area (Å²) >= 11 is 0. The van der Waals surface area contributed by atoms with Crippen LogP contribution in [0.1, 0.15) is 57.8 Å². The molecule has 172 valence electrons. The van der Waals surface area contributed by atoms with E-state index in [-0.39, 0.29) is 37.1 Å². The number of ether oxygens (including phenoxy) is 3. The van der Waals surface area contributed by atoms with E-state index in [2.05, 4.69) is 0 Å². The van der Waals surface area contributed by atoms with Crippen molar-refractivity contribution in [3.63, 3.8) is 0 Å². The lowest BCUT2D eigenvalue weighted by molar-refractivity contribution is -0.184. The molecule has 2 fully saturated rings. The van der Waals surface area contributed by atoms with Gasteiger partial charge in [-0.15, -0.1) is 0 Å². The van der Waals surface area contributed by atoms with E-state index in [4.69, 9.17) is 19.3 Å². The summed E-state index contributed by atoms with van der Waals surface area (Å²) in [7, 11) is 0. The Kier molecular flexibility index (Phi) is 8.87. The molecular weight excluding hydrogens is 400 g/mol. The molecule has 0 amide bonds. The van der Waals surface area contributed by atoms with Crippen molar-refractivity contribution in [3.05, 3.63) is 30.3 Å². The number of Topliss-reactive ketones (excluding diaryl/α,β-unsaturated/α-hetero) is 1. The first-order valence-electron chi connectivity index (χ1n) is 11.4. The number of para-hydroxylation sites is 1. The monoisotopic (exact) mass is 434 g/mol. The molecule has 2 aliphatic rings. The average molecular weight is 435 g/mol. The summed E-state index contributed by atoms with van der Waals surface area (Å²) in [6.07, 6.45) is 5.05. The lowest BCUT2D eigenvalue weighted by Gasteiger charge is -2.29. The second kappa shape index (κ2) is 11.6. The minimum Gasteiger partial charge on any atom is -0.488 e. The molecule has 3 rings (SSSR count). The van der Waals surface area contributed by atoms with Crippen LogP contribution < -0.4 is 4.74 Å². The van der Waals surface area contributed by atoms with Crippen molar-refractivity contribution in [1.29, 1.82) is 0 Å². The lowest BCUT2D eigenvalue weighted by Crippen LogP contribution is -2.38. The number of hydrogen-bond acceptors (Lipinski definition) is 6. The Hall–Kier alpha value is -1.96. The van der Waals surface area contributed by atoms with Crippen LogP contribution in [0.3, 0.4) is 0 Å². The quantitative estimate of drug-likeness (QED) is 0.458. The number of aliphatic carboxylic acids is 1. The van der Waals surface area contributed by atoms with Crippen LogP contribution in [-0.4, -0.2) is 53.7 Å². The fourth-order valence-electron chi connectivity index (χ4n) is 4.68. The van der Waals surface area contributed by atoms with Gasteiger partial charge in [0.2, 0.25) is 5.79 Å². The summed E-state index contributed by atoms with van der Waals surface area (Å²) < 4.78 is 17.7. The van der Waals surface area contributed by atoms with Gasteiger partial charge in [-0.3, -0.25) is 9.59 Å². The fourth-order valence-corrected chi connectivity index (χ4v) is 4.68. The number of benzene rings is 1. The van der Waals surface area contributed by atoms with Gasteiger partial charge in [-0.2, -0.15) is 0 Å². The third-order valence-electron chi connectivity index (χ3n) is 6.36. The Balaban J connectivity index is 1.49. The molecule has 1 saturated carbocycles. The van der Waals surface area contributed by atoms with Gasteiger partial charge < -0.3 is 24.4 Å². The van der Waals surface area contributed by atoms with Gasteiger partial charge in [0.05, 0.1) is 19.3 Å². The average Bonchev–Trinajstić information content (AvgIpc) is 3.32. The van der Waals surface area contributed by atoms with E-state index in [9.17, 15) is 14.7 Å². The maximum Gasteiger partial charge on any atom is 0.303 e. The number of carboxylic acid groups (broad SMARTS) is 1. The minimum atomic E-state index is -0.856. The van der Waals surface area contributed by atoms with Gasteiger partial charge in [0.1, 0.15) is 18.1 Å². The largest absolute Gasteiger partial charge is 0.488 e. The summed E-state index contributed by atoms with van der Waals surface area (Å²) in [4.78, 5) is 23.2. The van der Waals surface area contributed by atoms with E-state index < -0.39 is 17.9 Å². The Labute approximate surface area is 183 Å². The zero-order valence-corrected chi connectivity index (χ0v) is 18.0. The number of aliphatic hydroxyl groups is 1. The molecule has 1 aliphatic carbocycles. The Bertz CT molecular complexity index is 699. The molecule has 0 aromatic heterocycles. The van der Waals surface area contributed by atoms with Crippen molar-refractivity contribution in [2.45, 2.75) is 69.7 Å². The second-order valence-electron chi connectivity index (χ2n) is 8.60. The first-order chi connectivity index (χ1) is 15.0. The predicted octanol–water partition coefficient (Wildman–Crippen LogP) is 3.58. The molecular formula is C24H34O7. The maximum absolute atomic E-state index is 12.6. The van der Waals surface area contributed by atoms with E-state index in [0.717, 1.165) is 31.4 Å². The number of aliphatic hydroxyl groups excluding tert-OH is 1. The number of carboxylic acids is 1. The van der Waals surface area contributed by atoms with Crippen molar-refractivity contribution < 1.29 is 34.0 Å². The molecule has 7 heteroatoms. The van der Waals surface area contributed by atoms with Gasteiger partial charge >= 0.3 is 5.97 Å². The number of carbonyl (C=O) groups is 2. The highest BCUT2D eigenvalue weighted by Crippen LogP contribution is 2.39. The van der Waals surface area contributed by atoms with Crippen LogP contribution in [-0.2, 0) is 19.1 Å². The van der Waals surface area contributed by atoms with Gasteiger partial charge in [-0.1, -0.05) is 37.5 Å². The zero-order chi connectivity index (χ0) is 22.1. The number of ketones is 1. The van der Waals surface area contributed by atoms with E-state index in [1.54, 1.807) is 0 Å². The molecule has 2 N–H and O–H groups in total. The highest BCUT2D eigenvalue weighted by atomic mass is 16.8. The van der Waals surface area contributed by atoms with Crippen LogP contribution in [0.4, 0.5) is 0 Å². The smallest absolute Gasteiger partial charge is 0.303 e. The summed E-state index contributed by atoms with van der Waals surface area (Å²) in [6, 6.07) is 9.50. The molecule has 1 aromatic carbocycles. The SMILES string of the molecule is O=C(O)CCCCCC[C@H]1[C@@H](O)CC(=O)[C@@H]1CCC1(COc2ccccc2)OCCO1. The fraction of sp³-hybridized carbons (Fsp3) is 0.667. The first-order valence-corrected chi connectivity index (χ1v) is 11.4. The molecule has 31 heavy (non-hydrogen) atoms. The van der Waals surface area contributed by atoms with Crippen molar-refractivity contribution in [1.82, 2.24) is 0 Å². The summed E-state index contributed by atoms with van der Waals surface area (Å²) in [5, 5.41) is 19.1. The standard InChI is InChI=1S/C24H34O7/c25-21-16-22(26)20(19(21)10-6-1-2-7-11-23(27)28)12-13-24(30-14-15-31-24)17-29-18-8-4-3-5-9-18/h3-5,8-9,19-21,25H,1-2,6-7,10-17H2,(H,27,28)/t19-,20-,21+/m1/s1. The highest BCUT2D eigenvalue weighted by Gasteiger charge is 2.44. The van der Waals surface area contributed by atoms with Gasteiger partial charge in [-0.25, -0.2) is 0 Å². The summed E-state index contributed by atoms with van der Waals surface area (Å²) in [5.74, 6) is -1.02. The van der Waals surface area contributed by atoms with E-state index in [0.29, 0.717) is 32.5 Å². The van der Waals surface area contributed by atoms with Gasteiger partial charge in [0.25, 0.3) is 0 Å². The van der Waals surface area contributed by atoms with Crippen LogP contribution in [0.25, 0.3) is 0 Å². The van der Waals surface area contributed by atoms with E-state index >= 15 is 0 Å². The van der Waals surface area contributed by atoms with Gasteiger partial charge in [-0.05, 0) is 37.3 Å². The molecule has 1 heterocycles. The van der Waals surface area contributed by atoms with Crippen molar-refractivity contribution in [3.8, 4) is 5.75 Å². The van der Waals surface area contributed by atoms with Crippen LogP contribution >= 0.6 is 0 Å². The molecule has 0 spiro atoms. The zero-order valence-electron chi connectivity index (χ0n) is 18.0. The number of hydrogen-bond donors (Lipinski definition) is 2. The Morgan fingerprint density at radius 2 is 1.77 bits per heavy atom. The number of unbranched alkanes of at least 4 members (excludes halogenated alkanes) is 3. The molecule has 0 bridgehead atoms. The first kappa shape index (κ1) is 23.7. The molecule has 7 nitrogen and oxygen atoms in total. The van der Waals surface area contributed by atoms with Gasteiger partial charge in [0.15, 0.2) is 0 Å². The third-order valence-corrected chi connectivity index (χ3v) is 6.36. The topological polar surface area (TPSA) is 102 Å². The molecule has 3 atom stereocenters. The number of rotatable bonds is 13. The molecule has 1 saturated heterocycles. The minimum absolute atomic E-state index is 0.0551. The van der Waals surface area contributed by atoms with Crippen LogP contribution in [0.15, 0.2) is 30.3 Å². The van der Waals surface area contributed by atoms with Crippen LogP contribution in [0.2, 0.25) is 0 Å². The Morgan fingerprint density at radius 3 is 2.48 bits per heavy atom. The maximum atomic E-state index is 12.6. The summed E-state index contributed by atoms with van der Waals surface area (Å²) in [5.41, 5.74) is 0. The van der Waals surface area contributed by atoms with Crippen LogP contribution in [0, 0.1) is 11.8 Å². The van der Waals surface area contributed by atoms with E-state index in [1.165, 1.54) is 0 Å². The lowest BCUT2D eigenvalue weighted by atomic mass is 9.85. The summed E-state index contributed by atoms with van der Waals surface area (Å²) in [6.45, 7) is 1.26. The second-order valence-corrected chi connectivity index (χ2v) is 8.60. The molecule has 1 aromatic rings. The predicted molar refractivity (Wildman–Crippen MR) is 114 cm³/mol. The number of carbonyl (C=O) groups excluding carboxylic acids is 1. The third kappa shape index (κ3) is 7.02. The van der Waals surface area contributed by atoms with Crippen LogP contribution in [0.5, 0.6) is 5.75 Å². The highest BCUT2D eigenvalue weighted by molar-refractivity contribution is 5.84. The molecule has 0 unspecified atom stereocenters. The molecule has 0 radical (unpaired) electrons. The normalized spacial score (nSPS) is 25.1. The van der Waals surface area contributed by atoms with Crippen molar-refractivity contribution >= 4 is 11.8 Å². The van der Waals surface area contributed by atoms with Crippen molar-refractivity contribution in [2.24, 2.45) is 11.8 Å². The Morgan fingerprint density at radius 1 is 1.06 bits per heavy atom.